The van der Waals surface area contributed by atoms with Gasteiger partial charge >= 0.3 is 0 Å². The molecule has 0 unspecified atom stereocenters. The quantitative estimate of drug-likeness (QED) is 0.806. The lowest BCUT2D eigenvalue weighted by molar-refractivity contribution is 0.0702. The molecule has 19 heavy (non-hydrogen) atoms. The SMILES string of the molecule is CCCCCN(C(=O)c1cc(F)cnc1N)C(C)C. The maximum Gasteiger partial charge on any atom is 0.257 e. The molecular formula is C14H22FN3O. The number of carbonyl (C=O) groups is 1. The van der Waals surface area contributed by atoms with Crippen molar-refractivity contribution in [2.24, 2.45) is 0 Å². The Balaban J connectivity index is 2.89. The van der Waals surface area contributed by atoms with Crippen LogP contribution in [-0.4, -0.2) is 28.4 Å². The van der Waals surface area contributed by atoms with Crippen LogP contribution in [0.1, 0.15) is 50.4 Å². The summed E-state index contributed by atoms with van der Waals surface area (Å²) in [6, 6.07) is 1.20. The lowest BCUT2D eigenvalue weighted by Gasteiger charge is -2.27. The zero-order chi connectivity index (χ0) is 14.4. The van der Waals surface area contributed by atoms with Crippen molar-refractivity contribution in [1.29, 1.82) is 0 Å². The zero-order valence-corrected chi connectivity index (χ0v) is 11.8. The van der Waals surface area contributed by atoms with Gasteiger partial charge in [-0.3, -0.25) is 4.79 Å². The molecule has 0 spiro atoms. The van der Waals surface area contributed by atoms with E-state index in [4.69, 9.17) is 5.73 Å². The predicted molar refractivity (Wildman–Crippen MR) is 74.3 cm³/mol. The van der Waals surface area contributed by atoms with Crippen molar-refractivity contribution in [2.75, 3.05) is 12.3 Å². The molecule has 1 heterocycles. The van der Waals surface area contributed by atoms with Gasteiger partial charge in [0.15, 0.2) is 0 Å². The number of pyridine rings is 1. The molecule has 2 N–H and O–H groups in total. The van der Waals surface area contributed by atoms with Gasteiger partial charge in [-0.1, -0.05) is 19.8 Å². The van der Waals surface area contributed by atoms with Crippen LogP contribution in [0, 0.1) is 5.82 Å². The lowest BCUT2D eigenvalue weighted by Crippen LogP contribution is -2.38. The summed E-state index contributed by atoms with van der Waals surface area (Å²) in [5.41, 5.74) is 5.80. The summed E-state index contributed by atoms with van der Waals surface area (Å²) < 4.78 is 13.2. The number of nitrogens with zero attached hydrogens (tertiary/aromatic N) is 2. The van der Waals surface area contributed by atoms with Gasteiger partial charge in [-0.05, 0) is 26.3 Å². The van der Waals surface area contributed by atoms with E-state index >= 15 is 0 Å². The van der Waals surface area contributed by atoms with Gasteiger partial charge in [0.1, 0.15) is 11.6 Å². The van der Waals surface area contributed by atoms with Gasteiger partial charge in [-0.15, -0.1) is 0 Å². The number of nitrogens with two attached hydrogens (primary N) is 1. The number of aromatic nitrogens is 1. The molecule has 1 aromatic rings. The third-order valence-electron chi connectivity index (χ3n) is 3.00. The summed E-state index contributed by atoms with van der Waals surface area (Å²) in [4.78, 5) is 17.8. The molecule has 0 fully saturated rings. The molecule has 0 saturated heterocycles. The van der Waals surface area contributed by atoms with Crippen molar-refractivity contribution in [3.63, 3.8) is 0 Å². The van der Waals surface area contributed by atoms with E-state index in [-0.39, 0.29) is 23.3 Å². The maximum atomic E-state index is 13.2. The van der Waals surface area contributed by atoms with E-state index in [9.17, 15) is 9.18 Å². The smallest absolute Gasteiger partial charge is 0.257 e. The Morgan fingerprint density at radius 2 is 2.16 bits per heavy atom. The van der Waals surface area contributed by atoms with Crippen molar-refractivity contribution in [1.82, 2.24) is 9.88 Å². The minimum absolute atomic E-state index is 0.0482. The highest BCUT2D eigenvalue weighted by Gasteiger charge is 2.21. The van der Waals surface area contributed by atoms with E-state index in [0.29, 0.717) is 6.54 Å². The average Bonchev–Trinajstić information content (AvgIpc) is 2.36. The number of halogens is 1. The Labute approximate surface area is 113 Å². The second-order valence-corrected chi connectivity index (χ2v) is 4.89. The van der Waals surface area contributed by atoms with Gasteiger partial charge in [0.25, 0.3) is 5.91 Å². The first-order valence-electron chi connectivity index (χ1n) is 6.69. The highest BCUT2D eigenvalue weighted by Crippen LogP contribution is 2.15. The van der Waals surface area contributed by atoms with Crippen molar-refractivity contribution < 1.29 is 9.18 Å². The second kappa shape index (κ2) is 7.07. The van der Waals surface area contributed by atoms with Gasteiger partial charge < -0.3 is 10.6 Å². The Morgan fingerprint density at radius 3 is 2.74 bits per heavy atom. The maximum absolute atomic E-state index is 13.2. The third-order valence-corrected chi connectivity index (χ3v) is 3.00. The fourth-order valence-corrected chi connectivity index (χ4v) is 1.90. The summed E-state index contributed by atoms with van der Waals surface area (Å²) in [7, 11) is 0. The predicted octanol–water partition coefficient (Wildman–Crippen LogP) is 2.84. The number of carbonyl (C=O) groups excluding carboxylic acids is 1. The largest absolute Gasteiger partial charge is 0.383 e. The molecule has 0 saturated carbocycles. The van der Waals surface area contributed by atoms with Gasteiger partial charge in [-0.25, -0.2) is 9.37 Å². The van der Waals surface area contributed by atoms with Crippen LogP contribution in [0.15, 0.2) is 12.3 Å². The Kier molecular flexibility index (Phi) is 5.73. The summed E-state index contributed by atoms with van der Waals surface area (Å²) in [6.07, 6.45) is 4.10. The van der Waals surface area contributed by atoms with Crippen LogP contribution >= 0.6 is 0 Å². The number of amides is 1. The van der Waals surface area contributed by atoms with E-state index in [0.717, 1.165) is 31.5 Å². The van der Waals surface area contributed by atoms with Crippen LogP contribution in [0.4, 0.5) is 10.2 Å². The Morgan fingerprint density at radius 1 is 1.47 bits per heavy atom. The fourth-order valence-electron chi connectivity index (χ4n) is 1.90. The van der Waals surface area contributed by atoms with E-state index in [2.05, 4.69) is 11.9 Å². The van der Waals surface area contributed by atoms with E-state index < -0.39 is 5.82 Å². The summed E-state index contributed by atoms with van der Waals surface area (Å²) >= 11 is 0. The second-order valence-electron chi connectivity index (χ2n) is 4.89. The highest BCUT2D eigenvalue weighted by molar-refractivity contribution is 5.98. The van der Waals surface area contributed by atoms with Gasteiger partial charge in [-0.2, -0.15) is 0 Å². The van der Waals surface area contributed by atoms with Gasteiger partial charge in [0.05, 0.1) is 11.8 Å². The summed E-state index contributed by atoms with van der Waals surface area (Å²) in [5.74, 6) is -0.724. The minimum atomic E-state index is -0.546. The number of anilines is 1. The topological polar surface area (TPSA) is 59.2 Å². The summed E-state index contributed by atoms with van der Waals surface area (Å²) in [6.45, 7) is 6.63. The molecule has 4 nitrogen and oxygen atoms in total. The van der Waals surface area contributed by atoms with Crippen LogP contribution in [0.2, 0.25) is 0 Å². The molecule has 0 atom stereocenters. The molecular weight excluding hydrogens is 245 g/mol. The average molecular weight is 267 g/mol. The number of nitrogen functional groups attached to an aromatic ring is 1. The lowest BCUT2D eigenvalue weighted by atomic mass is 10.1. The molecule has 1 aromatic heterocycles. The Bertz CT molecular complexity index is 435. The molecule has 106 valence electrons. The van der Waals surface area contributed by atoms with E-state index in [1.165, 1.54) is 0 Å². The molecule has 1 amide bonds. The Hall–Kier alpha value is -1.65. The van der Waals surface area contributed by atoms with Gasteiger partial charge in [0, 0.05) is 12.6 Å². The van der Waals surface area contributed by atoms with Gasteiger partial charge in [0.2, 0.25) is 0 Å². The zero-order valence-electron chi connectivity index (χ0n) is 11.8. The first-order valence-corrected chi connectivity index (χ1v) is 6.69. The molecule has 0 aliphatic carbocycles. The monoisotopic (exact) mass is 267 g/mol. The number of hydrogen-bond acceptors (Lipinski definition) is 3. The van der Waals surface area contributed by atoms with Crippen molar-refractivity contribution in [3.8, 4) is 0 Å². The molecule has 1 rings (SSSR count). The highest BCUT2D eigenvalue weighted by atomic mass is 19.1. The van der Waals surface area contributed by atoms with E-state index in [1.807, 2.05) is 13.8 Å². The fraction of sp³-hybridized carbons (Fsp3) is 0.571. The van der Waals surface area contributed by atoms with Crippen molar-refractivity contribution in [3.05, 3.63) is 23.6 Å². The minimum Gasteiger partial charge on any atom is -0.383 e. The van der Waals surface area contributed by atoms with Crippen LogP contribution in [0.3, 0.4) is 0 Å². The van der Waals surface area contributed by atoms with Crippen molar-refractivity contribution >= 4 is 11.7 Å². The third kappa shape index (κ3) is 4.19. The molecule has 0 aliphatic rings. The summed E-state index contributed by atoms with van der Waals surface area (Å²) in [5, 5.41) is 0. The molecule has 0 radical (unpaired) electrons. The van der Waals surface area contributed by atoms with Crippen LogP contribution in [0.25, 0.3) is 0 Å². The first kappa shape index (κ1) is 15.4. The molecule has 0 aromatic carbocycles. The van der Waals surface area contributed by atoms with Crippen LogP contribution in [0.5, 0.6) is 0 Å². The molecule has 0 bridgehead atoms. The van der Waals surface area contributed by atoms with Crippen LogP contribution < -0.4 is 5.73 Å². The number of rotatable bonds is 6. The molecule has 5 heteroatoms. The van der Waals surface area contributed by atoms with Crippen LogP contribution in [-0.2, 0) is 0 Å². The van der Waals surface area contributed by atoms with Crippen molar-refractivity contribution in [2.45, 2.75) is 46.1 Å². The molecule has 0 aliphatic heterocycles. The number of hydrogen-bond donors (Lipinski definition) is 1. The standard InChI is InChI=1S/C14H22FN3O/c1-4-5-6-7-18(10(2)3)14(19)12-8-11(15)9-17-13(12)16/h8-10H,4-7H2,1-3H3,(H2,16,17). The first-order chi connectivity index (χ1) is 8.97. The number of unbranched alkanes of at least 4 members (excludes halogenated alkanes) is 2. The van der Waals surface area contributed by atoms with E-state index in [1.54, 1.807) is 4.90 Å². The normalized spacial score (nSPS) is 10.8.